The van der Waals surface area contributed by atoms with Crippen molar-refractivity contribution in [2.24, 2.45) is 0 Å². The molecule has 15 heavy (non-hydrogen) atoms. The minimum atomic E-state index is -2.37. The van der Waals surface area contributed by atoms with Crippen molar-refractivity contribution >= 4 is 17.0 Å². The Morgan fingerprint density at radius 1 is 1.60 bits per heavy atom. The van der Waals surface area contributed by atoms with E-state index >= 15 is 0 Å². The number of hydrogen-bond acceptors (Lipinski definition) is 3. The fraction of sp³-hybridized carbons (Fsp3) is 0.333. The summed E-state index contributed by atoms with van der Waals surface area (Å²) in [5.74, 6) is -0.281. The second-order valence-corrected chi connectivity index (χ2v) is 4.07. The van der Waals surface area contributed by atoms with Crippen LogP contribution in [-0.4, -0.2) is 15.3 Å². The lowest BCUT2D eigenvalue weighted by Crippen LogP contribution is -2.38. The molecule has 1 aliphatic heterocycles. The zero-order chi connectivity index (χ0) is 11.0. The molecular formula is C9H10FN2O2S-. The van der Waals surface area contributed by atoms with E-state index in [1.807, 2.05) is 6.92 Å². The number of anilines is 1. The number of nitrogens with zero attached hydrogens (tertiary/aromatic N) is 1. The zero-order valence-electron chi connectivity index (χ0n) is 8.12. The lowest BCUT2D eigenvalue weighted by molar-refractivity contribution is 0.520. The summed E-state index contributed by atoms with van der Waals surface area (Å²) in [5, 5.41) is 1.46. The van der Waals surface area contributed by atoms with Crippen molar-refractivity contribution in [3.8, 4) is 0 Å². The molecule has 6 heteroatoms. The third kappa shape index (κ3) is 1.88. The molecule has 1 aromatic carbocycles. The Balaban J connectivity index is 2.41. The molecule has 0 bridgehead atoms. The lowest BCUT2D eigenvalue weighted by Gasteiger charge is -2.23. The van der Waals surface area contributed by atoms with Crippen LogP contribution in [-0.2, 0) is 17.7 Å². The fourth-order valence-electron chi connectivity index (χ4n) is 1.86. The number of halogens is 1. The van der Waals surface area contributed by atoms with Crippen molar-refractivity contribution in [2.75, 3.05) is 11.6 Å². The highest BCUT2D eigenvalue weighted by Crippen LogP contribution is 2.32. The standard InChI is InChI=1S/C9H11FN2O2S/c1-6-2-3-8(10)7-4-5-12(9(6)7)11-15(13)14/h2-3,11H,4-5H2,1H3,(H,13,14)/p-1. The third-order valence-corrected chi connectivity index (χ3v) is 2.84. The molecular weight excluding hydrogens is 219 g/mol. The second kappa shape index (κ2) is 3.88. The zero-order valence-corrected chi connectivity index (χ0v) is 8.94. The summed E-state index contributed by atoms with van der Waals surface area (Å²) in [6, 6.07) is 3.05. The van der Waals surface area contributed by atoms with Crippen LogP contribution in [0.25, 0.3) is 0 Å². The SMILES string of the molecule is Cc1ccc(F)c2c1N(NS(=O)[O-])CC2. The Kier molecular flexibility index (Phi) is 2.72. The highest BCUT2D eigenvalue weighted by atomic mass is 32.2. The minimum Gasteiger partial charge on any atom is -0.759 e. The summed E-state index contributed by atoms with van der Waals surface area (Å²) in [7, 11) is 0. The van der Waals surface area contributed by atoms with Crippen molar-refractivity contribution in [1.82, 2.24) is 4.83 Å². The Morgan fingerprint density at radius 2 is 2.33 bits per heavy atom. The summed E-state index contributed by atoms with van der Waals surface area (Å²) in [4.78, 5) is 2.25. The van der Waals surface area contributed by atoms with Gasteiger partial charge in [-0.25, -0.2) is 4.39 Å². The molecule has 0 aliphatic carbocycles. The number of fused-ring (bicyclic) bond motifs is 1. The van der Waals surface area contributed by atoms with Gasteiger partial charge < -0.3 is 4.55 Å². The maximum absolute atomic E-state index is 13.4. The van der Waals surface area contributed by atoms with E-state index in [0.717, 1.165) is 5.56 Å². The first-order valence-electron chi connectivity index (χ1n) is 4.50. The number of hydrazine groups is 1. The summed E-state index contributed by atoms with van der Waals surface area (Å²) >= 11 is -2.37. The van der Waals surface area contributed by atoms with E-state index in [2.05, 4.69) is 4.83 Å². The monoisotopic (exact) mass is 229 g/mol. The molecule has 1 aliphatic rings. The Bertz CT molecular complexity index is 425. The number of rotatable bonds is 2. The molecule has 0 spiro atoms. The highest BCUT2D eigenvalue weighted by molar-refractivity contribution is 7.77. The lowest BCUT2D eigenvalue weighted by atomic mass is 10.1. The Hall–Kier alpha value is -0.980. The molecule has 1 heterocycles. The smallest absolute Gasteiger partial charge is 0.128 e. The topological polar surface area (TPSA) is 55.4 Å². The summed E-state index contributed by atoms with van der Waals surface area (Å²) in [6.45, 7) is 2.29. The van der Waals surface area contributed by atoms with Crippen molar-refractivity contribution in [3.63, 3.8) is 0 Å². The average molecular weight is 229 g/mol. The first-order valence-corrected chi connectivity index (χ1v) is 5.58. The minimum absolute atomic E-state index is 0.281. The van der Waals surface area contributed by atoms with Crippen molar-refractivity contribution < 1.29 is 13.2 Å². The van der Waals surface area contributed by atoms with E-state index in [-0.39, 0.29) is 5.82 Å². The van der Waals surface area contributed by atoms with Gasteiger partial charge in [-0.3, -0.25) is 9.22 Å². The summed E-state index contributed by atoms with van der Waals surface area (Å²) in [6.07, 6.45) is 0.521. The maximum Gasteiger partial charge on any atom is 0.128 e. The van der Waals surface area contributed by atoms with Crippen LogP contribution in [0.4, 0.5) is 10.1 Å². The molecule has 1 N–H and O–H groups in total. The van der Waals surface area contributed by atoms with Crippen LogP contribution in [0, 0.1) is 12.7 Å². The highest BCUT2D eigenvalue weighted by Gasteiger charge is 2.23. The summed E-state index contributed by atoms with van der Waals surface area (Å²) < 4.78 is 34.4. The quantitative estimate of drug-likeness (QED) is 0.763. The van der Waals surface area contributed by atoms with Gasteiger partial charge in [-0.1, -0.05) is 6.07 Å². The van der Waals surface area contributed by atoms with Gasteiger partial charge in [-0.15, -0.1) is 0 Å². The normalized spacial score (nSPS) is 16.6. The van der Waals surface area contributed by atoms with Gasteiger partial charge in [0.2, 0.25) is 0 Å². The van der Waals surface area contributed by atoms with Gasteiger partial charge in [0.15, 0.2) is 0 Å². The van der Waals surface area contributed by atoms with Gasteiger partial charge >= 0.3 is 0 Å². The predicted octanol–water partition coefficient (Wildman–Crippen LogP) is 0.795. The van der Waals surface area contributed by atoms with Gasteiger partial charge in [0, 0.05) is 23.4 Å². The molecule has 2 rings (SSSR count). The van der Waals surface area contributed by atoms with E-state index in [4.69, 9.17) is 0 Å². The molecule has 0 saturated carbocycles. The first kappa shape index (κ1) is 10.5. The van der Waals surface area contributed by atoms with Crippen LogP contribution in [0.3, 0.4) is 0 Å². The van der Waals surface area contributed by atoms with Crippen LogP contribution < -0.4 is 9.84 Å². The molecule has 1 atom stereocenters. The number of hydrogen-bond donors (Lipinski definition) is 1. The van der Waals surface area contributed by atoms with E-state index < -0.39 is 11.3 Å². The van der Waals surface area contributed by atoms with Gasteiger partial charge in [0.25, 0.3) is 0 Å². The largest absolute Gasteiger partial charge is 0.759 e. The molecule has 1 unspecified atom stereocenters. The third-order valence-electron chi connectivity index (χ3n) is 2.47. The molecule has 1 aromatic rings. The Labute approximate surface area is 89.5 Å². The van der Waals surface area contributed by atoms with Crippen molar-refractivity contribution in [2.45, 2.75) is 13.3 Å². The van der Waals surface area contributed by atoms with Gasteiger partial charge in [0.1, 0.15) is 5.82 Å². The Morgan fingerprint density at radius 3 is 3.00 bits per heavy atom. The van der Waals surface area contributed by atoms with Crippen LogP contribution in [0.15, 0.2) is 12.1 Å². The molecule has 0 amide bonds. The fourth-order valence-corrected chi connectivity index (χ4v) is 2.22. The second-order valence-electron chi connectivity index (χ2n) is 3.42. The molecule has 0 radical (unpaired) electrons. The number of benzene rings is 1. The van der Waals surface area contributed by atoms with E-state index in [1.165, 1.54) is 11.1 Å². The predicted molar refractivity (Wildman–Crippen MR) is 54.2 cm³/mol. The van der Waals surface area contributed by atoms with Crippen molar-refractivity contribution in [3.05, 3.63) is 29.1 Å². The van der Waals surface area contributed by atoms with Crippen LogP contribution in [0.5, 0.6) is 0 Å². The molecule has 0 fully saturated rings. The molecule has 82 valence electrons. The van der Waals surface area contributed by atoms with E-state index in [9.17, 15) is 13.2 Å². The van der Waals surface area contributed by atoms with E-state index in [1.54, 1.807) is 6.07 Å². The van der Waals surface area contributed by atoms with Gasteiger partial charge in [-0.2, -0.15) is 4.83 Å². The first-order chi connectivity index (χ1) is 7.09. The molecule has 0 aromatic heterocycles. The van der Waals surface area contributed by atoms with Crippen molar-refractivity contribution in [1.29, 1.82) is 0 Å². The van der Waals surface area contributed by atoms with E-state index in [0.29, 0.717) is 24.2 Å². The molecule has 0 saturated heterocycles. The maximum atomic E-state index is 13.4. The van der Waals surface area contributed by atoms with Crippen LogP contribution in [0.2, 0.25) is 0 Å². The number of nitrogens with one attached hydrogen (secondary N) is 1. The van der Waals surface area contributed by atoms with Gasteiger partial charge in [0.05, 0.1) is 5.69 Å². The van der Waals surface area contributed by atoms with Crippen LogP contribution >= 0.6 is 0 Å². The average Bonchev–Trinajstić information content (AvgIpc) is 2.56. The summed E-state index contributed by atoms with van der Waals surface area (Å²) in [5.41, 5.74) is 2.08. The van der Waals surface area contributed by atoms with Crippen LogP contribution in [0.1, 0.15) is 11.1 Å². The molecule has 4 nitrogen and oxygen atoms in total. The number of aryl methyl sites for hydroxylation is 1. The van der Waals surface area contributed by atoms with Gasteiger partial charge in [-0.05, 0) is 25.0 Å².